The maximum atomic E-state index is 4.50. The molecule has 2 unspecified atom stereocenters. The van der Waals surface area contributed by atoms with Gasteiger partial charge in [0.05, 0.1) is 17.6 Å². The molecule has 1 heterocycles. The molecule has 0 bridgehead atoms. The van der Waals surface area contributed by atoms with Crippen molar-refractivity contribution < 1.29 is 0 Å². The van der Waals surface area contributed by atoms with Crippen LogP contribution in [0.3, 0.4) is 0 Å². The Morgan fingerprint density at radius 1 is 0.958 bits per heavy atom. The first-order valence-electron chi connectivity index (χ1n) is 8.89. The van der Waals surface area contributed by atoms with Gasteiger partial charge in [0.15, 0.2) is 0 Å². The van der Waals surface area contributed by atoms with Crippen molar-refractivity contribution in [3.05, 3.63) is 65.5 Å². The SMILES string of the molecule is CC(C)c1cccc(C(C)C)c1-n1cc(C2C=CC=CC2C)nn1. The summed E-state index contributed by atoms with van der Waals surface area (Å²) in [6, 6.07) is 6.57. The van der Waals surface area contributed by atoms with Crippen molar-refractivity contribution in [1.29, 1.82) is 0 Å². The summed E-state index contributed by atoms with van der Waals surface area (Å²) in [6.45, 7) is 11.2. The van der Waals surface area contributed by atoms with Crippen molar-refractivity contribution in [3.63, 3.8) is 0 Å². The first-order chi connectivity index (χ1) is 11.5. The Bertz CT molecular complexity index is 739. The van der Waals surface area contributed by atoms with E-state index in [1.165, 1.54) is 16.8 Å². The van der Waals surface area contributed by atoms with E-state index in [9.17, 15) is 0 Å². The summed E-state index contributed by atoms with van der Waals surface area (Å²) in [5, 5.41) is 8.99. The van der Waals surface area contributed by atoms with Gasteiger partial charge in [-0.1, -0.05) is 82.3 Å². The summed E-state index contributed by atoms with van der Waals surface area (Å²) in [5.41, 5.74) is 4.88. The summed E-state index contributed by atoms with van der Waals surface area (Å²) < 4.78 is 1.98. The van der Waals surface area contributed by atoms with Gasteiger partial charge in [0.1, 0.15) is 0 Å². The Morgan fingerprint density at radius 2 is 1.58 bits per heavy atom. The van der Waals surface area contributed by atoms with Crippen LogP contribution in [0.1, 0.15) is 69.2 Å². The number of rotatable bonds is 4. The molecule has 1 aliphatic carbocycles. The molecule has 3 nitrogen and oxygen atoms in total. The number of benzene rings is 1. The van der Waals surface area contributed by atoms with Crippen LogP contribution in [-0.2, 0) is 0 Å². The largest absolute Gasteiger partial charge is 0.220 e. The number of allylic oxidation sites excluding steroid dienone is 4. The lowest BCUT2D eigenvalue weighted by Crippen LogP contribution is -2.08. The van der Waals surface area contributed by atoms with Gasteiger partial charge in [0.2, 0.25) is 0 Å². The molecule has 24 heavy (non-hydrogen) atoms. The highest BCUT2D eigenvalue weighted by Gasteiger charge is 2.22. The van der Waals surface area contributed by atoms with Crippen LogP contribution in [0, 0.1) is 5.92 Å². The van der Waals surface area contributed by atoms with Crippen molar-refractivity contribution in [2.24, 2.45) is 5.92 Å². The fraction of sp³-hybridized carbons (Fsp3) is 0.429. The van der Waals surface area contributed by atoms with Crippen LogP contribution in [0.15, 0.2) is 48.7 Å². The van der Waals surface area contributed by atoms with Gasteiger partial charge in [0.25, 0.3) is 0 Å². The molecule has 0 fully saturated rings. The predicted octanol–water partition coefficient (Wildman–Crippen LogP) is 5.36. The highest BCUT2D eigenvalue weighted by Crippen LogP contribution is 2.32. The zero-order valence-corrected chi connectivity index (χ0v) is 15.3. The van der Waals surface area contributed by atoms with E-state index in [0.717, 1.165) is 5.69 Å². The molecule has 1 aliphatic rings. The first kappa shape index (κ1) is 16.7. The summed E-state index contributed by atoms with van der Waals surface area (Å²) in [7, 11) is 0. The van der Waals surface area contributed by atoms with E-state index in [1.807, 2.05) is 4.68 Å². The Morgan fingerprint density at radius 3 is 2.17 bits per heavy atom. The molecule has 0 aliphatic heterocycles. The maximum Gasteiger partial charge on any atom is 0.0906 e. The fourth-order valence-electron chi connectivity index (χ4n) is 3.40. The van der Waals surface area contributed by atoms with Crippen molar-refractivity contribution in [1.82, 2.24) is 15.0 Å². The average Bonchev–Trinajstić information content (AvgIpc) is 3.03. The van der Waals surface area contributed by atoms with Crippen LogP contribution in [0.2, 0.25) is 0 Å². The Kier molecular flexibility index (Phi) is 4.70. The van der Waals surface area contributed by atoms with E-state index in [2.05, 4.69) is 93.6 Å². The summed E-state index contributed by atoms with van der Waals surface area (Å²) in [4.78, 5) is 0. The Hall–Kier alpha value is -2.16. The highest BCUT2D eigenvalue weighted by molar-refractivity contribution is 5.50. The predicted molar refractivity (Wildman–Crippen MR) is 99.7 cm³/mol. The Labute approximate surface area is 145 Å². The van der Waals surface area contributed by atoms with Crippen LogP contribution in [0.25, 0.3) is 5.69 Å². The molecule has 3 rings (SSSR count). The van der Waals surface area contributed by atoms with E-state index < -0.39 is 0 Å². The summed E-state index contributed by atoms with van der Waals surface area (Å²) in [5.74, 6) is 1.65. The van der Waals surface area contributed by atoms with Crippen molar-refractivity contribution >= 4 is 0 Å². The van der Waals surface area contributed by atoms with Crippen LogP contribution in [0.4, 0.5) is 0 Å². The van der Waals surface area contributed by atoms with Crippen molar-refractivity contribution in [2.45, 2.75) is 52.4 Å². The molecule has 0 amide bonds. The van der Waals surface area contributed by atoms with Crippen molar-refractivity contribution in [3.8, 4) is 5.69 Å². The van der Waals surface area contributed by atoms with E-state index in [-0.39, 0.29) is 0 Å². The van der Waals surface area contributed by atoms with Gasteiger partial charge in [0, 0.05) is 5.92 Å². The van der Waals surface area contributed by atoms with Gasteiger partial charge < -0.3 is 0 Å². The van der Waals surface area contributed by atoms with Gasteiger partial charge in [-0.05, 0) is 28.9 Å². The molecule has 1 aromatic carbocycles. The van der Waals surface area contributed by atoms with Crippen LogP contribution in [-0.4, -0.2) is 15.0 Å². The first-order valence-corrected chi connectivity index (χ1v) is 8.89. The molecule has 1 aromatic heterocycles. The number of nitrogens with zero attached hydrogens (tertiary/aromatic N) is 3. The fourth-order valence-corrected chi connectivity index (χ4v) is 3.40. The molecule has 0 saturated carbocycles. The molecule has 2 atom stereocenters. The highest BCUT2D eigenvalue weighted by atomic mass is 15.4. The molecular weight excluding hydrogens is 294 g/mol. The molecule has 0 radical (unpaired) electrons. The molecule has 3 heteroatoms. The summed E-state index contributed by atoms with van der Waals surface area (Å²) in [6.07, 6.45) is 10.8. The van der Waals surface area contributed by atoms with E-state index in [0.29, 0.717) is 23.7 Å². The minimum Gasteiger partial charge on any atom is -0.220 e. The minimum atomic E-state index is 0.303. The van der Waals surface area contributed by atoms with E-state index in [4.69, 9.17) is 0 Å². The minimum absolute atomic E-state index is 0.303. The zero-order chi connectivity index (χ0) is 17.3. The number of hydrogen-bond donors (Lipinski definition) is 0. The lowest BCUT2D eigenvalue weighted by atomic mass is 9.88. The van der Waals surface area contributed by atoms with Gasteiger partial charge in [-0.3, -0.25) is 0 Å². The third kappa shape index (κ3) is 3.08. The van der Waals surface area contributed by atoms with E-state index >= 15 is 0 Å². The number of aromatic nitrogens is 3. The van der Waals surface area contributed by atoms with Crippen LogP contribution >= 0.6 is 0 Å². The van der Waals surface area contributed by atoms with Crippen molar-refractivity contribution in [2.75, 3.05) is 0 Å². The van der Waals surface area contributed by atoms with Crippen LogP contribution in [0.5, 0.6) is 0 Å². The molecule has 126 valence electrons. The molecule has 0 N–H and O–H groups in total. The Balaban J connectivity index is 2.07. The molecule has 0 saturated heterocycles. The smallest absolute Gasteiger partial charge is 0.0906 e. The van der Waals surface area contributed by atoms with Gasteiger partial charge in [-0.25, -0.2) is 4.68 Å². The van der Waals surface area contributed by atoms with Crippen LogP contribution < -0.4 is 0 Å². The topological polar surface area (TPSA) is 30.7 Å². The van der Waals surface area contributed by atoms with Gasteiger partial charge in [-0.15, -0.1) is 5.10 Å². The number of para-hydroxylation sites is 1. The second kappa shape index (κ2) is 6.76. The average molecular weight is 321 g/mol. The summed E-state index contributed by atoms with van der Waals surface area (Å²) >= 11 is 0. The zero-order valence-electron chi connectivity index (χ0n) is 15.3. The third-order valence-corrected chi connectivity index (χ3v) is 4.83. The van der Waals surface area contributed by atoms with Gasteiger partial charge in [-0.2, -0.15) is 0 Å². The lowest BCUT2D eigenvalue weighted by molar-refractivity contribution is 0.617. The second-order valence-electron chi connectivity index (χ2n) is 7.34. The quantitative estimate of drug-likeness (QED) is 0.759. The maximum absolute atomic E-state index is 4.50. The number of hydrogen-bond acceptors (Lipinski definition) is 2. The second-order valence-corrected chi connectivity index (χ2v) is 7.34. The molecular formula is C21H27N3. The monoisotopic (exact) mass is 321 g/mol. The molecule has 2 aromatic rings. The van der Waals surface area contributed by atoms with Gasteiger partial charge >= 0.3 is 0 Å². The van der Waals surface area contributed by atoms with E-state index in [1.54, 1.807) is 0 Å². The third-order valence-electron chi connectivity index (χ3n) is 4.83. The normalized spacial score (nSPS) is 20.3. The standard InChI is InChI=1S/C21H27N3/c1-14(2)17-11-8-12-18(15(3)4)21(17)24-13-20(22-23-24)19-10-7-6-9-16(19)5/h6-16,19H,1-5H3. The lowest BCUT2D eigenvalue weighted by Gasteiger charge is -2.19. The molecule has 0 spiro atoms.